The molecule has 0 spiro atoms. The van der Waals surface area contributed by atoms with Crippen molar-refractivity contribution in [3.63, 3.8) is 0 Å². The number of allylic oxidation sites excluding steroid dienone is 1. The van der Waals surface area contributed by atoms with Crippen LogP contribution >= 0.6 is 0 Å². The zero-order chi connectivity index (χ0) is 17.3. The molecular formula is C22H16N4. The molecule has 0 aliphatic heterocycles. The summed E-state index contributed by atoms with van der Waals surface area (Å²) >= 11 is 0. The first-order valence-electron chi connectivity index (χ1n) is 8.58. The van der Waals surface area contributed by atoms with Crippen molar-refractivity contribution < 1.29 is 0 Å². The summed E-state index contributed by atoms with van der Waals surface area (Å²) in [5, 5.41) is 5.60. The smallest absolute Gasteiger partial charge is 0.139 e. The van der Waals surface area contributed by atoms with Crippen LogP contribution in [0.1, 0.15) is 11.1 Å². The fourth-order valence-corrected chi connectivity index (χ4v) is 3.33. The first-order chi connectivity index (χ1) is 12.9. The quantitative estimate of drug-likeness (QED) is 0.572. The topological polar surface area (TPSA) is 50.7 Å². The van der Waals surface area contributed by atoms with Gasteiger partial charge in [-0.05, 0) is 53.9 Å². The first kappa shape index (κ1) is 14.8. The lowest BCUT2D eigenvalue weighted by atomic mass is 10.1. The molecule has 0 atom stereocenters. The zero-order valence-corrected chi connectivity index (χ0v) is 14.1. The average molecular weight is 336 g/mol. The number of nitrogens with one attached hydrogen (secondary N) is 1. The number of aromatic nitrogens is 3. The van der Waals surface area contributed by atoms with Crippen LogP contribution < -0.4 is 5.32 Å². The summed E-state index contributed by atoms with van der Waals surface area (Å²) in [7, 11) is 0. The Morgan fingerprint density at radius 1 is 0.885 bits per heavy atom. The molecule has 26 heavy (non-hydrogen) atoms. The van der Waals surface area contributed by atoms with Crippen molar-refractivity contribution in [3.05, 3.63) is 84.5 Å². The van der Waals surface area contributed by atoms with E-state index >= 15 is 0 Å². The van der Waals surface area contributed by atoms with Crippen LogP contribution in [0.4, 0.5) is 11.5 Å². The predicted octanol–water partition coefficient (Wildman–Crippen LogP) is 5.00. The van der Waals surface area contributed by atoms with Crippen molar-refractivity contribution in [1.82, 2.24) is 15.0 Å². The number of pyridine rings is 3. The van der Waals surface area contributed by atoms with E-state index in [-0.39, 0.29) is 0 Å². The summed E-state index contributed by atoms with van der Waals surface area (Å²) in [6.45, 7) is 0. The summed E-state index contributed by atoms with van der Waals surface area (Å²) in [6, 6.07) is 14.5. The Hall–Kier alpha value is -3.53. The van der Waals surface area contributed by atoms with E-state index in [1.807, 2.05) is 24.4 Å². The molecule has 0 saturated heterocycles. The summed E-state index contributed by atoms with van der Waals surface area (Å²) in [4.78, 5) is 13.2. The minimum atomic E-state index is 0.832. The van der Waals surface area contributed by atoms with Gasteiger partial charge in [0.1, 0.15) is 5.82 Å². The molecule has 1 aromatic carbocycles. The van der Waals surface area contributed by atoms with Crippen LogP contribution in [0.2, 0.25) is 0 Å². The fraction of sp³-hybridized carbons (Fsp3) is 0.0455. The third kappa shape index (κ3) is 2.62. The van der Waals surface area contributed by atoms with Gasteiger partial charge in [0.2, 0.25) is 0 Å². The van der Waals surface area contributed by atoms with Crippen LogP contribution in [0.15, 0.2) is 73.3 Å². The molecule has 0 bridgehead atoms. The highest BCUT2D eigenvalue weighted by Gasteiger charge is 2.10. The third-order valence-electron chi connectivity index (χ3n) is 4.65. The lowest BCUT2D eigenvalue weighted by Crippen LogP contribution is -1.98. The van der Waals surface area contributed by atoms with Crippen molar-refractivity contribution in [2.75, 3.05) is 5.32 Å². The van der Waals surface area contributed by atoms with Crippen LogP contribution in [0, 0.1) is 0 Å². The SMILES string of the molecule is C1=Cc2cc(Nc3nc(-c4ccncc4)cc4cnccc34)ccc2C1. The largest absolute Gasteiger partial charge is 0.340 e. The molecule has 1 aliphatic carbocycles. The Balaban J connectivity index is 1.63. The molecule has 124 valence electrons. The molecule has 4 heteroatoms. The van der Waals surface area contributed by atoms with Crippen LogP contribution in [0.3, 0.4) is 0 Å². The molecule has 5 rings (SSSR count). The van der Waals surface area contributed by atoms with Gasteiger partial charge < -0.3 is 5.32 Å². The second kappa shape index (κ2) is 6.08. The molecule has 0 fully saturated rings. The zero-order valence-electron chi connectivity index (χ0n) is 14.1. The monoisotopic (exact) mass is 336 g/mol. The summed E-state index contributed by atoms with van der Waals surface area (Å²) in [5.41, 5.74) is 5.60. The van der Waals surface area contributed by atoms with E-state index in [1.54, 1.807) is 18.6 Å². The van der Waals surface area contributed by atoms with E-state index in [1.165, 1.54) is 11.1 Å². The average Bonchev–Trinajstić information content (AvgIpc) is 3.16. The summed E-state index contributed by atoms with van der Waals surface area (Å²) < 4.78 is 0. The number of rotatable bonds is 3. The summed E-state index contributed by atoms with van der Waals surface area (Å²) in [6.07, 6.45) is 12.6. The van der Waals surface area contributed by atoms with Gasteiger partial charge in [0.15, 0.2) is 0 Å². The van der Waals surface area contributed by atoms with Crippen molar-refractivity contribution in [3.8, 4) is 11.3 Å². The van der Waals surface area contributed by atoms with Gasteiger partial charge in [-0.3, -0.25) is 9.97 Å². The number of hydrogen-bond acceptors (Lipinski definition) is 4. The van der Waals surface area contributed by atoms with Crippen LogP contribution in [-0.4, -0.2) is 15.0 Å². The minimum Gasteiger partial charge on any atom is -0.340 e. The molecule has 3 heterocycles. The Bertz CT molecular complexity index is 1130. The van der Waals surface area contributed by atoms with E-state index in [2.05, 4.69) is 51.7 Å². The van der Waals surface area contributed by atoms with Gasteiger partial charge in [-0.2, -0.15) is 0 Å². The van der Waals surface area contributed by atoms with Crippen LogP contribution in [0.25, 0.3) is 28.1 Å². The summed E-state index contributed by atoms with van der Waals surface area (Å²) in [5.74, 6) is 0.832. The second-order valence-electron chi connectivity index (χ2n) is 6.33. The number of anilines is 2. The molecule has 0 radical (unpaired) electrons. The van der Waals surface area contributed by atoms with Gasteiger partial charge in [0.25, 0.3) is 0 Å². The Kier molecular flexibility index (Phi) is 3.46. The molecule has 0 amide bonds. The van der Waals surface area contributed by atoms with Gasteiger partial charge in [0.05, 0.1) is 5.69 Å². The van der Waals surface area contributed by atoms with Crippen LogP contribution in [-0.2, 0) is 6.42 Å². The number of hydrogen-bond donors (Lipinski definition) is 1. The lowest BCUT2D eigenvalue weighted by Gasteiger charge is -2.12. The molecule has 1 aliphatic rings. The van der Waals surface area contributed by atoms with E-state index in [9.17, 15) is 0 Å². The van der Waals surface area contributed by atoms with Crippen molar-refractivity contribution >= 4 is 28.4 Å². The molecule has 0 saturated carbocycles. The Morgan fingerprint density at radius 3 is 2.69 bits per heavy atom. The minimum absolute atomic E-state index is 0.832. The van der Waals surface area contributed by atoms with Crippen molar-refractivity contribution in [2.45, 2.75) is 6.42 Å². The van der Waals surface area contributed by atoms with Gasteiger partial charge >= 0.3 is 0 Å². The molecular weight excluding hydrogens is 320 g/mol. The van der Waals surface area contributed by atoms with Gasteiger partial charge in [-0.25, -0.2) is 4.98 Å². The normalized spacial score (nSPS) is 12.3. The maximum absolute atomic E-state index is 4.88. The first-order valence-corrected chi connectivity index (χ1v) is 8.58. The maximum atomic E-state index is 4.88. The van der Waals surface area contributed by atoms with Crippen molar-refractivity contribution in [2.24, 2.45) is 0 Å². The Labute approximate surface area is 151 Å². The van der Waals surface area contributed by atoms with E-state index < -0.39 is 0 Å². The van der Waals surface area contributed by atoms with E-state index in [0.717, 1.165) is 40.0 Å². The fourth-order valence-electron chi connectivity index (χ4n) is 3.33. The highest BCUT2D eigenvalue weighted by molar-refractivity contribution is 5.95. The van der Waals surface area contributed by atoms with Crippen molar-refractivity contribution in [1.29, 1.82) is 0 Å². The van der Waals surface area contributed by atoms with Gasteiger partial charge in [0, 0.05) is 46.8 Å². The molecule has 1 N–H and O–H groups in total. The predicted molar refractivity (Wildman–Crippen MR) is 105 cm³/mol. The maximum Gasteiger partial charge on any atom is 0.139 e. The Morgan fingerprint density at radius 2 is 1.77 bits per heavy atom. The van der Waals surface area contributed by atoms with Gasteiger partial charge in [-0.1, -0.05) is 18.2 Å². The third-order valence-corrected chi connectivity index (χ3v) is 4.65. The highest BCUT2D eigenvalue weighted by Crippen LogP contribution is 2.30. The van der Waals surface area contributed by atoms with E-state index in [4.69, 9.17) is 4.98 Å². The molecule has 0 unspecified atom stereocenters. The van der Waals surface area contributed by atoms with Crippen LogP contribution in [0.5, 0.6) is 0 Å². The van der Waals surface area contributed by atoms with E-state index in [0.29, 0.717) is 0 Å². The number of fused-ring (bicyclic) bond motifs is 2. The lowest BCUT2D eigenvalue weighted by molar-refractivity contribution is 1.28. The highest BCUT2D eigenvalue weighted by atomic mass is 15.0. The number of benzene rings is 1. The number of nitrogens with zero attached hydrogens (tertiary/aromatic N) is 3. The standard InChI is InChI=1S/C22H16N4/c1-2-15-4-5-19(12-17(15)3-1)25-22-20-8-11-24-14-18(20)13-21(26-22)16-6-9-23-10-7-16/h1,3-14H,2H2,(H,25,26). The van der Waals surface area contributed by atoms with Gasteiger partial charge in [-0.15, -0.1) is 0 Å². The molecule has 4 aromatic rings. The molecule has 3 aromatic heterocycles. The second-order valence-corrected chi connectivity index (χ2v) is 6.33. The molecule has 4 nitrogen and oxygen atoms in total.